The largest absolute Gasteiger partial charge is 0.478 e. The molecule has 0 rings (SSSR count). The topological polar surface area (TPSA) is 98.0 Å². The molecule has 0 spiro atoms. The maximum atomic E-state index is 10.4. The molecule has 0 aromatic rings. The molecule has 0 saturated heterocycles. The number of aliphatic hydroxyl groups excluding tert-OH is 3. The normalized spacial score (nSPS) is 12.2. The number of rotatable bonds is 8. The van der Waals surface area contributed by atoms with E-state index in [9.17, 15) is 4.79 Å². The van der Waals surface area contributed by atoms with Gasteiger partial charge in [0.1, 0.15) is 25.8 Å². The van der Waals surface area contributed by atoms with E-state index in [0.29, 0.717) is 0 Å². The van der Waals surface area contributed by atoms with Gasteiger partial charge in [-0.1, -0.05) is 0 Å². The van der Waals surface area contributed by atoms with Gasteiger partial charge in [0.25, 0.3) is 0 Å². The van der Waals surface area contributed by atoms with Crippen LogP contribution in [0.25, 0.3) is 0 Å². The van der Waals surface area contributed by atoms with Gasteiger partial charge in [-0.15, -0.1) is 0 Å². The fourth-order valence-corrected chi connectivity index (χ4v) is 1.38. The Bertz CT molecular complexity index is 200. The minimum Gasteiger partial charge on any atom is -0.478 e. The third kappa shape index (κ3) is 5.48. The lowest BCUT2D eigenvalue weighted by Gasteiger charge is -2.33. The molecule has 0 aliphatic carbocycles. The highest BCUT2D eigenvalue weighted by Crippen LogP contribution is 2.07. The Labute approximate surface area is 88.3 Å². The third-order valence-electron chi connectivity index (χ3n) is 2.17. The number of carbonyl (C=O) groups is 1. The fourth-order valence-electron chi connectivity index (χ4n) is 1.38. The van der Waals surface area contributed by atoms with Crippen molar-refractivity contribution in [2.45, 2.75) is 0 Å². The molecule has 0 aliphatic heterocycles. The lowest BCUT2D eigenvalue weighted by atomic mass is 10.3. The zero-order chi connectivity index (χ0) is 11.7. The zero-order valence-corrected chi connectivity index (χ0v) is 8.54. The number of aliphatic carboxylic acids is 1. The molecule has 0 radical (unpaired) electrons. The van der Waals surface area contributed by atoms with Crippen molar-refractivity contribution in [1.29, 1.82) is 0 Å². The number of nitrogens with zero attached hydrogens (tertiary/aromatic N) is 1. The summed E-state index contributed by atoms with van der Waals surface area (Å²) in [5, 5.41) is 35.1. The molecule has 0 bridgehead atoms. The second-order valence-corrected chi connectivity index (χ2v) is 3.21. The maximum absolute atomic E-state index is 10.4. The van der Waals surface area contributed by atoms with Crippen LogP contribution in [0.4, 0.5) is 0 Å². The first-order chi connectivity index (χ1) is 7.10. The summed E-state index contributed by atoms with van der Waals surface area (Å²) < 4.78 is 0.0653. The molecule has 0 saturated carbocycles. The van der Waals surface area contributed by atoms with E-state index in [-0.39, 0.29) is 43.9 Å². The van der Waals surface area contributed by atoms with Crippen molar-refractivity contribution in [2.75, 3.05) is 39.5 Å². The van der Waals surface area contributed by atoms with Crippen molar-refractivity contribution in [3.63, 3.8) is 0 Å². The molecule has 15 heavy (non-hydrogen) atoms. The predicted octanol–water partition coefficient (Wildman–Crippen LogP) is -1.62. The van der Waals surface area contributed by atoms with Gasteiger partial charge in [-0.3, -0.25) is 4.48 Å². The second-order valence-electron chi connectivity index (χ2n) is 3.21. The molecule has 0 aliphatic rings. The number of hydrogen-bond acceptors (Lipinski definition) is 4. The molecular formula is C9H18NO5+. The van der Waals surface area contributed by atoms with Gasteiger partial charge < -0.3 is 20.4 Å². The molecule has 6 nitrogen and oxygen atoms in total. The minimum absolute atomic E-state index is 0.0653. The average Bonchev–Trinajstić information content (AvgIpc) is 2.16. The first-order valence-corrected chi connectivity index (χ1v) is 4.71. The van der Waals surface area contributed by atoms with Gasteiger partial charge in [-0.25, -0.2) is 4.79 Å². The molecule has 0 aromatic heterocycles. The van der Waals surface area contributed by atoms with Gasteiger partial charge in [-0.05, 0) is 0 Å². The van der Waals surface area contributed by atoms with Crippen molar-refractivity contribution in [2.24, 2.45) is 0 Å². The van der Waals surface area contributed by atoms with E-state index in [0.717, 1.165) is 6.08 Å². The molecule has 6 heteroatoms. The Kier molecular flexibility index (Phi) is 6.89. The maximum Gasteiger partial charge on any atom is 0.333 e. The van der Waals surface area contributed by atoms with Crippen LogP contribution in [0, 0.1) is 0 Å². The highest BCUT2D eigenvalue weighted by atomic mass is 16.4. The van der Waals surface area contributed by atoms with Crippen LogP contribution in [-0.2, 0) is 4.79 Å². The van der Waals surface area contributed by atoms with E-state index in [1.54, 1.807) is 0 Å². The van der Waals surface area contributed by atoms with Gasteiger partial charge in [0, 0.05) is 0 Å². The van der Waals surface area contributed by atoms with Crippen LogP contribution < -0.4 is 0 Å². The molecular weight excluding hydrogens is 202 g/mol. The summed E-state index contributed by atoms with van der Waals surface area (Å²) in [7, 11) is 0. The second kappa shape index (κ2) is 7.36. The van der Waals surface area contributed by atoms with E-state index in [1.807, 2.05) is 0 Å². The SMILES string of the molecule is O=C(O)C=C[N+](CCO)(CCO)CCO. The summed E-state index contributed by atoms with van der Waals surface area (Å²) in [6.07, 6.45) is 2.34. The summed E-state index contributed by atoms with van der Waals surface area (Å²) in [6, 6.07) is 0. The number of hydrogen-bond donors (Lipinski definition) is 4. The van der Waals surface area contributed by atoms with Crippen LogP contribution in [-0.4, -0.2) is 70.3 Å². The summed E-state index contributed by atoms with van der Waals surface area (Å²) in [5.41, 5.74) is 0. The number of quaternary nitrogens is 1. The summed E-state index contributed by atoms with van der Waals surface area (Å²) in [4.78, 5) is 10.4. The van der Waals surface area contributed by atoms with Crippen molar-refractivity contribution >= 4 is 5.97 Å². The van der Waals surface area contributed by atoms with E-state index in [4.69, 9.17) is 20.4 Å². The molecule has 0 amide bonds. The molecule has 88 valence electrons. The van der Waals surface area contributed by atoms with Gasteiger partial charge in [-0.2, -0.15) is 0 Å². The average molecular weight is 220 g/mol. The van der Waals surface area contributed by atoms with Crippen molar-refractivity contribution in [1.82, 2.24) is 0 Å². The van der Waals surface area contributed by atoms with E-state index >= 15 is 0 Å². The molecule has 0 heterocycles. The Morgan fingerprint density at radius 3 is 1.67 bits per heavy atom. The Morgan fingerprint density at radius 2 is 1.40 bits per heavy atom. The van der Waals surface area contributed by atoms with Crippen LogP contribution in [0.15, 0.2) is 12.3 Å². The van der Waals surface area contributed by atoms with Crippen LogP contribution in [0.1, 0.15) is 0 Å². The molecule has 0 unspecified atom stereocenters. The van der Waals surface area contributed by atoms with Gasteiger partial charge in [0.15, 0.2) is 0 Å². The number of aliphatic hydroxyl groups is 3. The molecule has 0 aromatic carbocycles. The lowest BCUT2D eigenvalue weighted by molar-refractivity contribution is -0.880. The summed E-state index contributed by atoms with van der Waals surface area (Å²) >= 11 is 0. The van der Waals surface area contributed by atoms with Crippen LogP contribution in [0.3, 0.4) is 0 Å². The smallest absolute Gasteiger partial charge is 0.333 e. The third-order valence-corrected chi connectivity index (χ3v) is 2.17. The van der Waals surface area contributed by atoms with Crippen LogP contribution in [0.2, 0.25) is 0 Å². The Hall–Kier alpha value is -0.950. The van der Waals surface area contributed by atoms with E-state index in [2.05, 4.69) is 0 Å². The van der Waals surface area contributed by atoms with Gasteiger partial charge in [0.2, 0.25) is 0 Å². The highest BCUT2D eigenvalue weighted by Gasteiger charge is 2.23. The molecule has 0 atom stereocenters. The highest BCUT2D eigenvalue weighted by molar-refractivity contribution is 5.79. The standard InChI is InChI=1S/C9H17NO5/c11-6-3-10(4-7-12,5-8-13)2-1-9(14)15/h1-2,11-13H,3-8H2/p+1. The van der Waals surface area contributed by atoms with E-state index < -0.39 is 5.97 Å². The van der Waals surface area contributed by atoms with Gasteiger partial charge >= 0.3 is 5.97 Å². The minimum atomic E-state index is -1.09. The van der Waals surface area contributed by atoms with Crippen LogP contribution in [0.5, 0.6) is 0 Å². The predicted molar refractivity (Wildman–Crippen MR) is 52.9 cm³/mol. The Balaban J connectivity index is 4.66. The van der Waals surface area contributed by atoms with Crippen molar-refractivity contribution in [3.05, 3.63) is 12.3 Å². The fraction of sp³-hybridized carbons (Fsp3) is 0.667. The Morgan fingerprint density at radius 1 is 1.00 bits per heavy atom. The molecule has 0 fully saturated rings. The lowest BCUT2D eigenvalue weighted by Crippen LogP contribution is -2.48. The van der Waals surface area contributed by atoms with E-state index in [1.165, 1.54) is 6.20 Å². The van der Waals surface area contributed by atoms with Crippen molar-refractivity contribution in [3.8, 4) is 0 Å². The number of carboxylic acids is 1. The monoisotopic (exact) mass is 220 g/mol. The van der Waals surface area contributed by atoms with Crippen molar-refractivity contribution < 1.29 is 29.7 Å². The zero-order valence-electron chi connectivity index (χ0n) is 8.54. The summed E-state index contributed by atoms with van der Waals surface area (Å²) in [6.45, 7) is 0.401. The van der Waals surface area contributed by atoms with Crippen LogP contribution >= 0.6 is 0 Å². The first kappa shape index (κ1) is 14.1. The molecule has 4 N–H and O–H groups in total. The quantitative estimate of drug-likeness (QED) is 0.291. The number of carboxylic acid groups (broad SMARTS) is 1. The summed E-state index contributed by atoms with van der Waals surface area (Å²) in [5.74, 6) is -1.09. The first-order valence-electron chi connectivity index (χ1n) is 4.71. The van der Waals surface area contributed by atoms with Gasteiger partial charge in [0.05, 0.1) is 25.9 Å².